The highest BCUT2D eigenvalue weighted by Crippen LogP contribution is 2.01. The van der Waals surface area contributed by atoms with Crippen LogP contribution in [0.25, 0.3) is 0 Å². The molecule has 0 aromatic carbocycles. The zero-order valence-electron chi connectivity index (χ0n) is 11.0. The van der Waals surface area contributed by atoms with Gasteiger partial charge in [0.2, 0.25) is 0 Å². The van der Waals surface area contributed by atoms with Gasteiger partial charge in [0.25, 0.3) is 0 Å². The molecule has 17 heavy (non-hydrogen) atoms. The SMILES string of the molecule is CCNC(=NCc1ccn(C)c1)NC(C)C.I. The molecule has 5 heteroatoms. The molecule has 1 aromatic rings. The first-order valence-corrected chi connectivity index (χ1v) is 5.77. The summed E-state index contributed by atoms with van der Waals surface area (Å²) in [6.07, 6.45) is 4.12. The third-order valence-electron chi connectivity index (χ3n) is 2.08. The zero-order valence-corrected chi connectivity index (χ0v) is 13.4. The molecule has 0 fully saturated rings. The van der Waals surface area contributed by atoms with Crippen LogP contribution in [-0.4, -0.2) is 23.1 Å². The van der Waals surface area contributed by atoms with Gasteiger partial charge >= 0.3 is 0 Å². The predicted molar refractivity (Wildman–Crippen MR) is 83.9 cm³/mol. The van der Waals surface area contributed by atoms with Crippen molar-refractivity contribution in [1.29, 1.82) is 0 Å². The van der Waals surface area contributed by atoms with Crippen LogP contribution in [-0.2, 0) is 13.6 Å². The van der Waals surface area contributed by atoms with Gasteiger partial charge in [0, 0.05) is 32.0 Å². The Bertz CT molecular complexity index is 344. The number of aliphatic imine (C=N–C) groups is 1. The van der Waals surface area contributed by atoms with E-state index in [0.29, 0.717) is 12.6 Å². The largest absolute Gasteiger partial charge is 0.357 e. The molecule has 0 saturated carbocycles. The number of aromatic nitrogens is 1. The smallest absolute Gasteiger partial charge is 0.191 e. The Morgan fingerprint density at radius 3 is 2.65 bits per heavy atom. The molecule has 0 aliphatic heterocycles. The first kappa shape index (κ1) is 16.3. The summed E-state index contributed by atoms with van der Waals surface area (Å²) in [4.78, 5) is 4.52. The van der Waals surface area contributed by atoms with Crippen LogP contribution in [0.2, 0.25) is 0 Å². The highest BCUT2D eigenvalue weighted by atomic mass is 127. The van der Waals surface area contributed by atoms with E-state index in [1.165, 1.54) is 5.56 Å². The van der Waals surface area contributed by atoms with Crippen molar-refractivity contribution in [3.63, 3.8) is 0 Å². The van der Waals surface area contributed by atoms with Crippen molar-refractivity contribution in [2.75, 3.05) is 6.54 Å². The molecule has 0 unspecified atom stereocenters. The minimum absolute atomic E-state index is 0. The van der Waals surface area contributed by atoms with Crippen LogP contribution in [0.3, 0.4) is 0 Å². The van der Waals surface area contributed by atoms with E-state index in [-0.39, 0.29) is 24.0 Å². The van der Waals surface area contributed by atoms with Gasteiger partial charge < -0.3 is 15.2 Å². The highest BCUT2D eigenvalue weighted by Gasteiger charge is 1.99. The summed E-state index contributed by atoms with van der Waals surface area (Å²) >= 11 is 0. The van der Waals surface area contributed by atoms with E-state index in [9.17, 15) is 0 Å². The van der Waals surface area contributed by atoms with Crippen molar-refractivity contribution in [1.82, 2.24) is 15.2 Å². The third kappa shape index (κ3) is 6.55. The van der Waals surface area contributed by atoms with Gasteiger partial charge in [-0.1, -0.05) is 0 Å². The van der Waals surface area contributed by atoms with Crippen LogP contribution in [0.15, 0.2) is 23.5 Å². The van der Waals surface area contributed by atoms with E-state index >= 15 is 0 Å². The van der Waals surface area contributed by atoms with Crippen LogP contribution < -0.4 is 10.6 Å². The fraction of sp³-hybridized carbons (Fsp3) is 0.583. The van der Waals surface area contributed by atoms with Gasteiger partial charge in [-0.3, -0.25) is 0 Å². The van der Waals surface area contributed by atoms with Crippen LogP contribution in [0.5, 0.6) is 0 Å². The molecule has 0 saturated heterocycles. The van der Waals surface area contributed by atoms with Gasteiger partial charge in [-0.2, -0.15) is 0 Å². The number of aryl methyl sites for hydroxylation is 1. The lowest BCUT2D eigenvalue weighted by Gasteiger charge is -2.13. The number of halogens is 1. The summed E-state index contributed by atoms with van der Waals surface area (Å²) in [5.74, 6) is 0.876. The summed E-state index contributed by atoms with van der Waals surface area (Å²) in [5, 5.41) is 6.51. The first-order valence-electron chi connectivity index (χ1n) is 5.77. The third-order valence-corrected chi connectivity index (χ3v) is 2.08. The minimum atomic E-state index is 0. The number of guanidine groups is 1. The fourth-order valence-electron chi connectivity index (χ4n) is 1.42. The average molecular weight is 350 g/mol. The van der Waals surface area contributed by atoms with E-state index in [2.05, 4.69) is 48.7 Å². The minimum Gasteiger partial charge on any atom is -0.357 e. The standard InChI is InChI=1S/C12H22N4.HI/c1-5-13-12(15-10(2)3)14-8-11-6-7-16(4)9-11;/h6-7,9-10H,5,8H2,1-4H3,(H2,13,14,15);1H. The van der Waals surface area contributed by atoms with E-state index in [4.69, 9.17) is 0 Å². The molecule has 1 aromatic heterocycles. The Hall–Kier alpha value is -0.720. The second-order valence-electron chi connectivity index (χ2n) is 4.18. The fourth-order valence-corrected chi connectivity index (χ4v) is 1.42. The van der Waals surface area contributed by atoms with Crippen LogP contribution >= 0.6 is 24.0 Å². The van der Waals surface area contributed by atoms with Crippen molar-refractivity contribution >= 4 is 29.9 Å². The first-order chi connectivity index (χ1) is 7.61. The highest BCUT2D eigenvalue weighted by molar-refractivity contribution is 14.0. The number of hydrogen-bond acceptors (Lipinski definition) is 1. The summed E-state index contributed by atoms with van der Waals surface area (Å²) in [6.45, 7) is 7.88. The maximum absolute atomic E-state index is 4.52. The Labute approximate surface area is 121 Å². The lowest BCUT2D eigenvalue weighted by molar-refractivity contribution is 0.700. The Balaban J connectivity index is 0.00000256. The molecule has 2 N–H and O–H groups in total. The molecule has 4 nitrogen and oxygen atoms in total. The molecular formula is C12H23IN4. The second kappa shape index (κ2) is 8.38. The monoisotopic (exact) mass is 350 g/mol. The van der Waals surface area contributed by atoms with Gasteiger partial charge in [0.05, 0.1) is 6.54 Å². The van der Waals surface area contributed by atoms with Crippen molar-refractivity contribution in [3.8, 4) is 0 Å². The molecule has 0 atom stereocenters. The summed E-state index contributed by atoms with van der Waals surface area (Å²) in [6, 6.07) is 2.48. The normalized spacial score (nSPS) is 11.2. The summed E-state index contributed by atoms with van der Waals surface area (Å²) < 4.78 is 2.04. The van der Waals surface area contributed by atoms with E-state index in [0.717, 1.165) is 12.5 Å². The Morgan fingerprint density at radius 2 is 2.18 bits per heavy atom. The predicted octanol–water partition coefficient (Wildman–Crippen LogP) is 2.11. The molecular weight excluding hydrogens is 327 g/mol. The summed E-state index contributed by atoms with van der Waals surface area (Å²) in [7, 11) is 2.02. The molecule has 0 bridgehead atoms. The van der Waals surface area contributed by atoms with Crippen LogP contribution in [0, 0.1) is 0 Å². The molecule has 1 heterocycles. The quantitative estimate of drug-likeness (QED) is 0.496. The lowest BCUT2D eigenvalue weighted by Crippen LogP contribution is -2.40. The van der Waals surface area contributed by atoms with Crippen molar-refractivity contribution in [3.05, 3.63) is 24.0 Å². The Morgan fingerprint density at radius 1 is 1.47 bits per heavy atom. The zero-order chi connectivity index (χ0) is 12.0. The van der Waals surface area contributed by atoms with Gasteiger partial charge in [-0.25, -0.2) is 4.99 Å². The Kier molecular flexibility index (Phi) is 8.03. The lowest BCUT2D eigenvalue weighted by atomic mass is 10.3. The topological polar surface area (TPSA) is 41.4 Å². The van der Waals surface area contributed by atoms with Gasteiger partial charge in [0.1, 0.15) is 0 Å². The van der Waals surface area contributed by atoms with Gasteiger partial charge in [0.15, 0.2) is 5.96 Å². The van der Waals surface area contributed by atoms with Gasteiger partial charge in [-0.05, 0) is 32.4 Å². The van der Waals surface area contributed by atoms with Crippen molar-refractivity contribution in [2.45, 2.75) is 33.4 Å². The van der Waals surface area contributed by atoms with Crippen LogP contribution in [0.4, 0.5) is 0 Å². The second-order valence-corrected chi connectivity index (χ2v) is 4.18. The van der Waals surface area contributed by atoms with E-state index in [1.807, 2.05) is 17.8 Å². The van der Waals surface area contributed by atoms with Crippen LogP contribution in [0.1, 0.15) is 26.3 Å². The maximum Gasteiger partial charge on any atom is 0.191 e. The molecule has 1 rings (SSSR count). The average Bonchev–Trinajstić information content (AvgIpc) is 2.60. The number of rotatable bonds is 4. The molecule has 0 radical (unpaired) electrons. The van der Waals surface area contributed by atoms with E-state index < -0.39 is 0 Å². The number of nitrogens with zero attached hydrogens (tertiary/aromatic N) is 2. The summed E-state index contributed by atoms with van der Waals surface area (Å²) in [5.41, 5.74) is 1.23. The number of nitrogens with one attached hydrogen (secondary N) is 2. The maximum atomic E-state index is 4.52. The molecule has 0 aliphatic rings. The number of hydrogen-bond donors (Lipinski definition) is 2. The molecule has 98 valence electrons. The molecule has 0 amide bonds. The van der Waals surface area contributed by atoms with Gasteiger partial charge in [-0.15, -0.1) is 24.0 Å². The van der Waals surface area contributed by atoms with Crippen molar-refractivity contribution in [2.24, 2.45) is 12.0 Å². The molecule has 0 aliphatic carbocycles. The molecule has 0 spiro atoms. The van der Waals surface area contributed by atoms with E-state index in [1.54, 1.807) is 0 Å². The van der Waals surface area contributed by atoms with Crippen molar-refractivity contribution < 1.29 is 0 Å².